The van der Waals surface area contributed by atoms with E-state index in [4.69, 9.17) is 5.73 Å². The van der Waals surface area contributed by atoms with Crippen LogP contribution >= 0.6 is 22.9 Å². The highest BCUT2D eigenvalue weighted by molar-refractivity contribution is 14.1. The van der Waals surface area contributed by atoms with Crippen LogP contribution in [0.4, 0.5) is 5.69 Å². The Morgan fingerprint density at radius 2 is 2.08 bits per heavy atom. The first-order chi connectivity index (χ1) is 5.65. The number of halogens is 1. The molecule has 0 aromatic heterocycles. The summed E-state index contributed by atoms with van der Waals surface area (Å²) >= 11 is 1.94. The van der Waals surface area contributed by atoms with E-state index in [2.05, 4.69) is 16.2 Å². The van der Waals surface area contributed by atoms with E-state index in [1.807, 2.05) is 35.9 Å². The third kappa shape index (κ3) is 1.97. The third-order valence-electron chi connectivity index (χ3n) is 1.75. The first-order valence-electron chi connectivity index (χ1n) is 3.66. The smallest absolute Gasteiger partial charge is 0.0831 e. The minimum Gasteiger partial charge on any atom is -0.398 e. The molecular weight excluding hydrogens is 263 g/mol. The third-order valence-corrected chi connectivity index (χ3v) is 2.03. The minimum absolute atomic E-state index is 0.820. The van der Waals surface area contributed by atoms with Crippen LogP contribution in [-0.2, 0) is 0 Å². The molecule has 0 amide bonds. The van der Waals surface area contributed by atoms with E-state index in [0.29, 0.717) is 0 Å². The van der Waals surface area contributed by atoms with Gasteiger partial charge in [0.2, 0.25) is 0 Å². The van der Waals surface area contributed by atoms with Crippen molar-refractivity contribution < 1.29 is 0 Å². The van der Waals surface area contributed by atoms with Gasteiger partial charge in [0, 0.05) is 17.5 Å². The van der Waals surface area contributed by atoms with Crippen molar-refractivity contribution in [3.8, 4) is 0 Å². The van der Waals surface area contributed by atoms with Crippen LogP contribution in [0.15, 0.2) is 15.3 Å². The lowest BCUT2D eigenvalue weighted by molar-refractivity contribution is 1.38. The van der Waals surface area contributed by atoms with Gasteiger partial charge in [-0.2, -0.15) is 0 Å². The molecule has 0 spiro atoms. The second-order valence-electron chi connectivity index (χ2n) is 2.81. The number of hydrogen-bond donors (Lipinski definition) is 1. The predicted molar refractivity (Wildman–Crippen MR) is 61.9 cm³/mol. The topological polar surface area (TPSA) is 38.4 Å². The zero-order valence-corrected chi connectivity index (χ0v) is 9.29. The molecule has 0 saturated heterocycles. The zero-order chi connectivity index (χ0) is 9.14. The number of nitrogens with two attached hydrogens (primary N) is 1. The van der Waals surface area contributed by atoms with Crippen LogP contribution in [0.25, 0.3) is 0 Å². The number of anilines is 1. The summed E-state index contributed by atoms with van der Waals surface area (Å²) in [5.74, 6) is 0. The molecule has 0 heterocycles. The first-order valence-corrected chi connectivity index (χ1v) is 4.62. The van der Waals surface area contributed by atoms with Crippen molar-refractivity contribution in [3.63, 3.8) is 0 Å². The molecule has 1 rings (SSSR count). The molecule has 64 valence electrons. The lowest BCUT2D eigenvalue weighted by Gasteiger charge is -2.05. The van der Waals surface area contributed by atoms with Crippen molar-refractivity contribution in [1.29, 1.82) is 0 Å². The zero-order valence-electron chi connectivity index (χ0n) is 7.13. The minimum atomic E-state index is 0.820. The van der Waals surface area contributed by atoms with Crippen LogP contribution in [0.3, 0.4) is 0 Å². The maximum absolute atomic E-state index is 5.84. The lowest BCUT2D eigenvalue weighted by atomic mass is 10.1. The summed E-state index contributed by atoms with van der Waals surface area (Å²) in [5.41, 5.74) is 9.99. The van der Waals surface area contributed by atoms with Crippen LogP contribution in [0.2, 0.25) is 0 Å². The first kappa shape index (κ1) is 9.51. The number of benzene rings is 1. The Bertz CT molecular complexity index is 319. The van der Waals surface area contributed by atoms with E-state index < -0.39 is 0 Å². The summed E-state index contributed by atoms with van der Waals surface area (Å²) in [6, 6.07) is 4.10. The molecule has 0 radical (unpaired) electrons. The second-order valence-corrected chi connectivity index (χ2v) is 3.37. The summed E-state index contributed by atoms with van der Waals surface area (Å²) in [4.78, 5) is 0. The molecule has 0 atom stereocenters. The molecule has 0 saturated carbocycles. The molecule has 0 fully saturated rings. The van der Waals surface area contributed by atoms with E-state index in [1.165, 1.54) is 5.56 Å². The fourth-order valence-corrected chi connectivity index (χ4v) is 1.47. The Balaban J connectivity index is 3.27. The van der Waals surface area contributed by atoms with Gasteiger partial charge in [-0.3, -0.25) is 0 Å². The van der Waals surface area contributed by atoms with Gasteiger partial charge in [0.25, 0.3) is 0 Å². The Morgan fingerprint density at radius 3 is 2.67 bits per heavy atom. The van der Waals surface area contributed by atoms with E-state index >= 15 is 0 Å². The Labute approximate surface area is 86.4 Å². The average Bonchev–Trinajstić information content (AvgIpc) is 2.00. The number of hydrogen-bond acceptors (Lipinski definition) is 2. The Hall–Kier alpha value is -0.580. The molecule has 2 N–H and O–H groups in total. The van der Waals surface area contributed by atoms with Crippen molar-refractivity contribution in [2.45, 2.75) is 13.8 Å². The molecular formula is C9H11IN2. The molecule has 12 heavy (non-hydrogen) atoms. The van der Waals surface area contributed by atoms with Gasteiger partial charge in [-0.15, -0.1) is 0 Å². The molecule has 0 aliphatic rings. The van der Waals surface area contributed by atoms with Crippen molar-refractivity contribution in [3.05, 3.63) is 28.8 Å². The summed E-state index contributed by atoms with van der Waals surface area (Å²) in [5, 5.41) is 0. The van der Waals surface area contributed by atoms with E-state index in [-0.39, 0.29) is 0 Å². The maximum Gasteiger partial charge on any atom is 0.0831 e. The van der Waals surface area contributed by atoms with Crippen LogP contribution in [0.1, 0.15) is 16.7 Å². The van der Waals surface area contributed by atoms with Gasteiger partial charge in [0.1, 0.15) is 0 Å². The average molecular weight is 274 g/mol. The van der Waals surface area contributed by atoms with Gasteiger partial charge >= 0.3 is 0 Å². The molecule has 0 bridgehead atoms. The predicted octanol–water partition coefficient (Wildman–Crippen LogP) is 2.65. The van der Waals surface area contributed by atoms with Gasteiger partial charge < -0.3 is 5.73 Å². The number of nitrogens with zero attached hydrogens (tertiary/aromatic N) is 1. The fraction of sp³-hybridized carbons (Fsp3) is 0.222. The highest BCUT2D eigenvalue weighted by atomic mass is 127. The van der Waals surface area contributed by atoms with Crippen molar-refractivity contribution in [1.82, 2.24) is 0 Å². The highest BCUT2D eigenvalue weighted by Gasteiger charge is 2.00. The van der Waals surface area contributed by atoms with E-state index in [0.717, 1.165) is 16.8 Å². The number of nitrogen functional groups attached to an aromatic ring is 1. The molecule has 0 unspecified atom stereocenters. The van der Waals surface area contributed by atoms with Gasteiger partial charge in [-0.05, 0) is 25.5 Å². The number of aryl methyl sites for hydroxylation is 2. The summed E-state index contributed by atoms with van der Waals surface area (Å²) in [7, 11) is 0. The van der Waals surface area contributed by atoms with Crippen LogP contribution in [0.5, 0.6) is 0 Å². The fourth-order valence-electron chi connectivity index (χ4n) is 1.17. The standard InChI is InChI=1S/C9H11IN2/c1-6-3-7(2)9(11)8(4-6)5-12-10/h3-5H,11H2,1-2H3. The van der Waals surface area contributed by atoms with Crippen LogP contribution < -0.4 is 5.73 Å². The van der Waals surface area contributed by atoms with Crippen LogP contribution in [-0.4, -0.2) is 6.21 Å². The molecule has 1 aromatic carbocycles. The molecule has 0 aliphatic carbocycles. The van der Waals surface area contributed by atoms with Crippen LogP contribution in [0, 0.1) is 13.8 Å². The number of rotatable bonds is 1. The van der Waals surface area contributed by atoms with Crippen molar-refractivity contribution in [2.75, 3.05) is 5.73 Å². The maximum atomic E-state index is 5.84. The van der Waals surface area contributed by atoms with Crippen molar-refractivity contribution >= 4 is 34.8 Å². The van der Waals surface area contributed by atoms with Gasteiger partial charge in [-0.1, -0.05) is 11.6 Å². The SMILES string of the molecule is Cc1cc(C)c(N)c(C=NI)c1. The van der Waals surface area contributed by atoms with Gasteiger partial charge in [0.05, 0.1) is 22.9 Å². The molecule has 3 heteroatoms. The summed E-state index contributed by atoms with van der Waals surface area (Å²) in [6.07, 6.45) is 1.77. The quantitative estimate of drug-likeness (QED) is 0.477. The second kappa shape index (κ2) is 3.89. The normalized spacial score (nSPS) is 10.9. The molecule has 1 aromatic rings. The monoisotopic (exact) mass is 274 g/mol. The van der Waals surface area contributed by atoms with Crippen molar-refractivity contribution in [2.24, 2.45) is 3.21 Å². The summed E-state index contributed by atoms with van der Waals surface area (Å²) in [6.45, 7) is 4.06. The molecule has 2 nitrogen and oxygen atoms in total. The largest absolute Gasteiger partial charge is 0.398 e. The Kier molecular flexibility index (Phi) is 3.08. The lowest BCUT2D eigenvalue weighted by Crippen LogP contribution is -1.96. The van der Waals surface area contributed by atoms with E-state index in [9.17, 15) is 0 Å². The molecule has 0 aliphatic heterocycles. The summed E-state index contributed by atoms with van der Waals surface area (Å²) < 4.78 is 3.91. The van der Waals surface area contributed by atoms with E-state index in [1.54, 1.807) is 6.21 Å². The van der Waals surface area contributed by atoms with Gasteiger partial charge in [-0.25, -0.2) is 3.21 Å². The Morgan fingerprint density at radius 1 is 1.42 bits per heavy atom. The highest BCUT2D eigenvalue weighted by Crippen LogP contribution is 2.17. The van der Waals surface area contributed by atoms with Gasteiger partial charge in [0.15, 0.2) is 0 Å².